The molecule has 0 aromatic carbocycles. The molecular weight excluding hydrogens is 750 g/mol. The van der Waals surface area contributed by atoms with E-state index in [0.29, 0.717) is 23.9 Å². The van der Waals surface area contributed by atoms with Crippen LogP contribution in [0.3, 0.4) is 0 Å². The molecule has 0 aliphatic carbocycles. The Morgan fingerprint density at radius 2 is 0.931 bits per heavy atom. The van der Waals surface area contributed by atoms with Gasteiger partial charge in [0.25, 0.3) is 0 Å². The predicted molar refractivity (Wildman–Crippen MR) is 243 cm³/mol. The summed E-state index contributed by atoms with van der Waals surface area (Å²) in [6, 6.07) is 0. The van der Waals surface area contributed by atoms with E-state index >= 15 is 0 Å². The second kappa shape index (κ2) is 40.1. The fourth-order valence-electron chi connectivity index (χ4n) is 5.87. The monoisotopic (exact) mass is 837 g/mol. The number of unbranched alkanes of at least 4 members (excludes halogenated alkanes) is 17. The van der Waals surface area contributed by atoms with Crippen LogP contribution in [-0.2, 0) is 32.7 Å². The first kappa shape index (κ1) is 55.7. The molecule has 2 atom stereocenters. The van der Waals surface area contributed by atoms with Crippen molar-refractivity contribution in [2.45, 2.75) is 187 Å². The van der Waals surface area contributed by atoms with Gasteiger partial charge >= 0.3 is 19.8 Å². The minimum Gasteiger partial charge on any atom is -0.462 e. The first-order valence-electron chi connectivity index (χ1n) is 23.0. The molecule has 0 aliphatic heterocycles. The van der Waals surface area contributed by atoms with Crippen LogP contribution in [0.1, 0.15) is 181 Å². The van der Waals surface area contributed by atoms with Gasteiger partial charge in [0.2, 0.25) is 0 Å². The van der Waals surface area contributed by atoms with Crippen molar-refractivity contribution in [3.8, 4) is 0 Å². The van der Waals surface area contributed by atoms with Crippen molar-refractivity contribution in [3.63, 3.8) is 0 Å². The van der Waals surface area contributed by atoms with Crippen LogP contribution < -0.4 is 0 Å². The highest BCUT2D eigenvalue weighted by Crippen LogP contribution is 2.43. The second-order valence-corrected chi connectivity index (χ2v) is 17.9. The molecule has 0 rings (SSSR count). The number of carbonyl (C=O) groups excluding carboxylic acids is 2. The Hall–Kier alpha value is -2.29. The number of phosphoric ester groups is 1. The van der Waals surface area contributed by atoms with E-state index in [4.69, 9.17) is 18.5 Å². The Morgan fingerprint density at radius 3 is 1.38 bits per heavy atom. The van der Waals surface area contributed by atoms with E-state index in [2.05, 4.69) is 74.6 Å². The SMILES string of the molecule is CCCCC/C=C/C/C=C/C/C=C/CCCCCCC(=O)OC[C@H](COP(=O)(O)OCC[N+](C)(C)C)OC(=O)CCCCCCCCC/C=C/C/C=C/CCCCC. The normalized spacial score (nSPS) is 14.1. The van der Waals surface area contributed by atoms with Crippen molar-refractivity contribution in [1.82, 2.24) is 0 Å². The van der Waals surface area contributed by atoms with Crippen molar-refractivity contribution >= 4 is 19.8 Å². The van der Waals surface area contributed by atoms with Gasteiger partial charge in [-0.2, -0.15) is 0 Å². The number of hydrogen-bond donors (Lipinski definition) is 1. The fourth-order valence-corrected chi connectivity index (χ4v) is 6.61. The van der Waals surface area contributed by atoms with Gasteiger partial charge in [-0.3, -0.25) is 18.6 Å². The summed E-state index contributed by atoms with van der Waals surface area (Å²) in [5.41, 5.74) is 0. The van der Waals surface area contributed by atoms with Crippen molar-refractivity contribution in [1.29, 1.82) is 0 Å². The maximum absolute atomic E-state index is 12.7. The van der Waals surface area contributed by atoms with Gasteiger partial charge in [0.1, 0.15) is 19.8 Å². The summed E-state index contributed by atoms with van der Waals surface area (Å²) in [7, 11) is 1.45. The molecule has 0 spiro atoms. The van der Waals surface area contributed by atoms with E-state index < -0.39 is 32.5 Å². The molecule has 0 aromatic rings. The Labute approximate surface area is 356 Å². The number of phosphoric acid groups is 1. The number of ether oxygens (including phenoxy) is 2. The van der Waals surface area contributed by atoms with Crippen LogP contribution in [0.2, 0.25) is 0 Å². The van der Waals surface area contributed by atoms with E-state index in [1.165, 1.54) is 70.6 Å². The molecule has 0 fully saturated rings. The Kier molecular flexibility index (Phi) is 38.5. The Morgan fingerprint density at radius 1 is 0.534 bits per heavy atom. The smallest absolute Gasteiger partial charge is 0.462 e. The minimum atomic E-state index is -4.39. The molecule has 1 unspecified atom stereocenters. The zero-order valence-electron chi connectivity index (χ0n) is 37.8. The molecule has 10 heteroatoms. The lowest BCUT2D eigenvalue weighted by Gasteiger charge is -2.24. The van der Waals surface area contributed by atoms with Gasteiger partial charge in [0.15, 0.2) is 6.10 Å². The average Bonchev–Trinajstić information content (AvgIpc) is 3.17. The third-order valence-corrected chi connectivity index (χ3v) is 10.5. The molecule has 58 heavy (non-hydrogen) atoms. The van der Waals surface area contributed by atoms with Crippen LogP contribution in [0.4, 0.5) is 0 Å². The van der Waals surface area contributed by atoms with E-state index in [1.807, 2.05) is 21.1 Å². The lowest BCUT2D eigenvalue weighted by Crippen LogP contribution is -2.37. The zero-order valence-corrected chi connectivity index (χ0v) is 38.7. The number of allylic oxidation sites excluding steroid dienone is 10. The van der Waals surface area contributed by atoms with Gasteiger partial charge in [0.05, 0.1) is 27.7 Å². The van der Waals surface area contributed by atoms with Crippen LogP contribution in [0.5, 0.6) is 0 Å². The summed E-state index contributed by atoms with van der Waals surface area (Å²) < 4.78 is 34.3. The van der Waals surface area contributed by atoms with Crippen molar-refractivity contribution in [2.24, 2.45) is 0 Å². The number of rotatable bonds is 41. The van der Waals surface area contributed by atoms with Crippen LogP contribution >= 0.6 is 7.82 Å². The summed E-state index contributed by atoms with van der Waals surface area (Å²) in [6.07, 6.45) is 48.3. The maximum atomic E-state index is 12.7. The quantitative estimate of drug-likeness (QED) is 0.0213. The number of quaternary nitrogens is 1. The number of hydrogen-bond acceptors (Lipinski definition) is 7. The highest BCUT2D eigenvalue weighted by Gasteiger charge is 2.27. The van der Waals surface area contributed by atoms with Gasteiger partial charge in [-0.1, -0.05) is 145 Å². The van der Waals surface area contributed by atoms with Crippen LogP contribution in [0, 0.1) is 0 Å². The highest BCUT2D eigenvalue weighted by molar-refractivity contribution is 7.47. The second-order valence-electron chi connectivity index (χ2n) is 16.4. The average molecular weight is 837 g/mol. The van der Waals surface area contributed by atoms with Crippen molar-refractivity contribution in [3.05, 3.63) is 60.8 Å². The van der Waals surface area contributed by atoms with Gasteiger partial charge in [-0.15, -0.1) is 0 Å². The molecule has 0 amide bonds. The Bertz CT molecular complexity index is 1170. The molecule has 0 saturated heterocycles. The predicted octanol–water partition coefficient (Wildman–Crippen LogP) is 13.2. The van der Waals surface area contributed by atoms with Gasteiger partial charge in [-0.25, -0.2) is 4.57 Å². The molecule has 9 nitrogen and oxygen atoms in total. The number of carbonyl (C=O) groups is 2. The number of likely N-dealkylation sites (N-methyl/N-ethyl adjacent to an activating group) is 1. The third-order valence-electron chi connectivity index (χ3n) is 9.52. The van der Waals surface area contributed by atoms with E-state index in [9.17, 15) is 19.0 Å². The number of esters is 2. The van der Waals surface area contributed by atoms with E-state index in [-0.39, 0.29) is 26.1 Å². The van der Waals surface area contributed by atoms with Crippen LogP contribution in [0.25, 0.3) is 0 Å². The highest BCUT2D eigenvalue weighted by atomic mass is 31.2. The summed E-state index contributed by atoms with van der Waals surface area (Å²) in [5, 5.41) is 0. The minimum absolute atomic E-state index is 0.0237. The lowest BCUT2D eigenvalue weighted by atomic mass is 10.1. The van der Waals surface area contributed by atoms with Gasteiger partial charge < -0.3 is 18.9 Å². The molecule has 336 valence electrons. The first-order valence-corrected chi connectivity index (χ1v) is 24.5. The molecule has 1 N–H and O–H groups in total. The molecule has 0 heterocycles. The standard InChI is InChI=1S/C48H86NO8P/c1-6-8-10-12-14-16-18-20-22-24-26-28-30-32-34-36-38-40-47(50)54-44-46(45-56-58(52,53)55-43-42-49(3,4)5)57-48(51)41-39-37-35-33-31-29-27-25-23-21-19-17-15-13-11-9-7-2/h14-17,20-23,26,28,46H,6-13,18-19,24-25,27,29-45H2,1-5H3/p+1/b16-14+,17-15+,22-20+,23-21+,28-26+/t46-/m1/s1. The van der Waals surface area contributed by atoms with Crippen LogP contribution in [0.15, 0.2) is 60.8 Å². The molecule has 0 saturated carbocycles. The largest absolute Gasteiger partial charge is 0.472 e. The molecule has 0 bridgehead atoms. The van der Waals surface area contributed by atoms with Crippen molar-refractivity contribution < 1.29 is 42.1 Å². The fraction of sp³-hybridized carbons (Fsp3) is 0.750. The summed E-state index contributed by atoms with van der Waals surface area (Å²) in [5.74, 6) is -0.836. The van der Waals surface area contributed by atoms with Crippen LogP contribution in [-0.4, -0.2) is 74.9 Å². The summed E-state index contributed by atoms with van der Waals surface area (Å²) >= 11 is 0. The molecule has 0 aliphatic rings. The number of nitrogens with zero attached hydrogens (tertiary/aromatic N) is 1. The first-order chi connectivity index (χ1) is 28.0. The van der Waals surface area contributed by atoms with Crippen molar-refractivity contribution in [2.75, 3.05) is 47.5 Å². The van der Waals surface area contributed by atoms with E-state index in [0.717, 1.165) is 70.6 Å². The third kappa shape index (κ3) is 43.3. The molecular formula is C48H87NO8P+. The van der Waals surface area contributed by atoms with Gasteiger partial charge in [-0.05, 0) is 83.5 Å². The Balaban J connectivity index is 4.40. The summed E-state index contributed by atoms with van der Waals surface area (Å²) in [4.78, 5) is 35.4. The molecule has 0 aromatic heterocycles. The maximum Gasteiger partial charge on any atom is 0.472 e. The van der Waals surface area contributed by atoms with Gasteiger partial charge in [0, 0.05) is 12.8 Å². The summed E-state index contributed by atoms with van der Waals surface area (Å²) in [6.45, 7) is 4.33. The topological polar surface area (TPSA) is 108 Å². The van der Waals surface area contributed by atoms with E-state index in [1.54, 1.807) is 0 Å². The zero-order chi connectivity index (χ0) is 42.8. The lowest BCUT2D eigenvalue weighted by molar-refractivity contribution is -0.870. The molecule has 0 radical (unpaired) electrons.